The molecule has 9 heteroatoms. The monoisotopic (exact) mass is 355 g/mol. The molecule has 1 saturated heterocycles. The van der Waals surface area contributed by atoms with Gasteiger partial charge >= 0.3 is 6.03 Å². The minimum Gasteiger partial charge on any atom is -0.495 e. The molecule has 0 radical (unpaired) electrons. The van der Waals surface area contributed by atoms with Crippen molar-refractivity contribution >= 4 is 35.1 Å². The number of rotatable bonds is 5. The largest absolute Gasteiger partial charge is 0.495 e. The van der Waals surface area contributed by atoms with Crippen molar-refractivity contribution in [2.75, 3.05) is 26.1 Å². The Kier molecular flexibility index (Phi) is 4.88. The summed E-state index contributed by atoms with van der Waals surface area (Å²) in [6.45, 7) is 2.72. The quantitative estimate of drug-likeness (QED) is 0.782. The van der Waals surface area contributed by atoms with Crippen molar-refractivity contribution in [3.8, 4) is 11.5 Å². The number of methoxy groups -OCH3 is 2. The standard InChI is InChI=1S/C15H18ClN3O5/c1-15(2)13(21)19(14(22)18-15)7-12(20)17-9-6-10(23-3)8(16)5-11(9)24-4/h5-6H,7H2,1-4H3,(H,17,20)(H,18,22). The molecule has 1 aromatic rings. The van der Waals surface area contributed by atoms with Crippen LogP contribution in [0, 0.1) is 0 Å². The predicted octanol–water partition coefficient (Wildman–Crippen LogP) is 1.63. The lowest BCUT2D eigenvalue weighted by atomic mass is 10.1. The van der Waals surface area contributed by atoms with Crippen molar-refractivity contribution < 1.29 is 23.9 Å². The highest BCUT2D eigenvalue weighted by molar-refractivity contribution is 6.32. The maximum Gasteiger partial charge on any atom is 0.325 e. The number of urea groups is 1. The van der Waals surface area contributed by atoms with E-state index in [-0.39, 0.29) is 0 Å². The zero-order chi connectivity index (χ0) is 18.1. The van der Waals surface area contributed by atoms with E-state index in [4.69, 9.17) is 21.1 Å². The van der Waals surface area contributed by atoms with Gasteiger partial charge < -0.3 is 20.1 Å². The number of benzene rings is 1. The van der Waals surface area contributed by atoms with E-state index < -0.39 is 29.9 Å². The lowest BCUT2D eigenvalue weighted by molar-refractivity contribution is -0.132. The van der Waals surface area contributed by atoms with Crippen LogP contribution in [-0.2, 0) is 9.59 Å². The van der Waals surface area contributed by atoms with Gasteiger partial charge in [0.05, 0.1) is 24.9 Å². The molecule has 0 saturated carbocycles. The average molecular weight is 356 g/mol. The number of ether oxygens (including phenoxy) is 2. The van der Waals surface area contributed by atoms with E-state index in [0.717, 1.165) is 4.90 Å². The highest BCUT2D eigenvalue weighted by atomic mass is 35.5. The molecule has 1 aliphatic heterocycles. The molecule has 0 aliphatic carbocycles. The number of hydrogen-bond acceptors (Lipinski definition) is 5. The van der Waals surface area contributed by atoms with Crippen molar-refractivity contribution in [1.82, 2.24) is 10.2 Å². The van der Waals surface area contributed by atoms with Crippen molar-refractivity contribution in [1.29, 1.82) is 0 Å². The van der Waals surface area contributed by atoms with Crippen molar-refractivity contribution in [2.24, 2.45) is 0 Å². The number of amides is 4. The second-order valence-corrected chi connectivity index (χ2v) is 6.09. The highest BCUT2D eigenvalue weighted by Crippen LogP contribution is 2.35. The summed E-state index contributed by atoms with van der Waals surface area (Å²) in [5.74, 6) is -0.349. The summed E-state index contributed by atoms with van der Waals surface area (Å²) in [5, 5.41) is 5.41. The molecule has 24 heavy (non-hydrogen) atoms. The molecule has 0 aromatic heterocycles. The third kappa shape index (κ3) is 3.38. The van der Waals surface area contributed by atoms with Crippen LogP contribution in [0.1, 0.15) is 13.8 Å². The van der Waals surface area contributed by atoms with Gasteiger partial charge in [-0.2, -0.15) is 0 Å². The first kappa shape index (κ1) is 17.9. The maximum absolute atomic E-state index is 12.2. The fourth-order valence-corrected chi connectivity index (χ4v) is 2.48. The topological polar surface area (TPSA) is 97.0 Å². The maximum atomic E-state index is 12.2. The molecule has 1 heterocycles. The van der Waals surface area contributed by atoms with Gasteiger partial charge in [-0.25, -0.2) is 4.79 Å². The van der Waals surface area contributed by atoms with E-state index in [2.05, 4.69) is 10.6 Å². The van der Waals surface area contributed by atoms with Gasteiger partial charge in [0.25, 0.3) is 5.91 Å². The molecule has 4 amide bonds. The second kappa shape index (κ2) is 6.56. The van der Waals surface area contributed by atoms with E-state index in [1.54, 1.807) is 13.8 Å². The molecule has 8 nitrogen and oxygen atoms in total. The van der Waals surface area contributed by atoms with Crippen LogP contribution in [0.2, 0.25) is 5.02 Å². The molecule has 0 spiro atoms. The Labute approximate surface area is 144 Å². The Morgan fingerprint density at radius 2 is 1.88 bits per heavy atom. The third-order valence-electron chi connectivity index (χ3n) is 3.49. The number of carbonyl (C=O) groups is 3. The van der Waals surface area contributed by atoms with E-state index in [1.165, 1.54) is 26.4 Å². The van der Waals surface area contributed by atoms with Crippen LogP contribution in [0.5, 0.6) is 11.5 Å². The van der Waals surface area contributed by atoms with Gasteiger partial charge in [-0.1, -0.05) is 11.6 Å². The lowest BCUT2D eigenvalue weighted by Gasteiger charge is -2.17. The first-order valence-corrected chi connectivity index (χ1v) is 7.43. The van der Waals surface area contributed by atoms with Crippen molar-refractivity contribution in [3.05, 3.63) is 17.2 Å². The summed E-state index contributed by atoms with van der Waals surface area (Å²) in [4.78, 5) is 37.0. The number of hydrogen-bond donors (Lipinski definition) is 2. The zero-order valence-electron chi connectivity index (χ0n) is 13.7. The number of nitrogens with zero attached hydrogens (tertiary/aromatic N) is 1. The van der Waals surface area contributed by atoms with Gasteiger partial charge in [-0.05, 0) is 13.8 Å². The van der Waals surface area contributed by atoms with Crippen LogP contribution >= 0.6 is 11.6 Å². The molecule has 130 valence electrons. The van der Waals surface area contributed by atoms with Gasteiger partial charge in [-0.3, -0.25) is 14.5 Å². The van der Waals surface area contributed by atoms with Gasteiger partial charge in [0.2, 0.25) is 5.91 Å². The van der Waals surface area contributed by atoms with Gasteiger partial charge in [0.15, 0.2) is 0 Å². The third-order valence-corrected chi connectivity index (χ3v) is 3.79. The minimum atomic E-state index is -1.03. The molecule has 1 aliphatic rings. The molecular weight excluding hydrogens is 338 g/mol. The van der Waals surface area contributed by atoms with Crippen LogP contribution in [0.4, 0.5) is 10.5 Å². The number of carbonyl (C=O) groups excluding carboxylic acids is 3. The molecule has 2 rings (SSSR count). The summed E-state index contributed by atoms with van der Waals surface area (Å²) in [5.41, 5.74) is -0.714. The molecule has 0 bridgehead atoms. The average Bonchev–Trinajstić information content (AvgIpc) is 2.70. The number of anilines is 1. The molecule has 0 atom stereocenters. The lowest BCUT2D eigenvalue weighted by Crippen LogP contribution is -2.41. The normalized spacial score (nSPS) is 16.0. The smallest absolute Gasteiger partial charge is 0.325 e. The Morgan fingerprint density at radius 3 is 2.38 bits per heavy atom. The van der Waals surface area contributed by atoms with Crippen LogP contribution in [0.25, 0.3) is 0 Å². The van der Waals surface area contributed by atoms with E-state index in [9.17, 15) is 14.4 Å². The molecular formula is C15H18ClN3O5. The van der Waals surface area contributed by atoms with Crippen LogP contribution < -0.4 is 20.1 Å². The second-order valence-electron chi connectivity index (χ2n) is 5.68. The summed E-state index contributed by atoms with van der Waals surface area (Å²) < 4.78 is 10.3. The molecule has 1 aromatic carbocycles. The first-order valence-electron chi connectivity index (χ1n) is 7.05. The van der Waals surface area contributed by atoms with E-state index in [0.29, 0.717) is 22.2 Å². The van der Waals surface area contributed by atoms with Crippen molar-refractivity contribution in [2.45, 2.75) is 19.4 Å². The summed E-state index contributed by atoms with van der Waals surface area (Å²) in [6.07, 6.45) is 0. The van der Waals surface area contributed by atoms with E-state index in [1.807, 2.05) is 0 Å². The summed E-state index contributed by atoms with van der Waals surface area (Å²) >= 11 is 6.00. The Bertz CT molecular complexity index is 705. The van der Waals surface area contributed by atoms with Gasteiger partial charge in [0.1, 0.15) is 23.6 Å². The Hall–Kier alpha value is -2.48. The fraction of sp³-hybridized carbons (Fsp3) is 0.400. The minimum absolute atomic E-state index is 0.315. The summed E-state index contributed by atoms with van der Waals surface area (Å²) in [7, 11) is 2.86. The number of nitrogens with one attached hydrogen (secondary N) is 2. The summed E-state index contributed by atoms with van der Waals surface area (Å²) in [6, 6.07) is 2.38. The molecule has 2 N–H and O–H groups in total. The fourth-order valence-electron chi connectivity index (χ4n) is 2.25. The number of imide groups is 1. The Morgan fingerprint density at radius 1 is 1.25 bits per heavy atom. The SMILES string of the molecule is COc1cc(NC(=O)CN2C(=O)NC(C)(C)C2=O)c(OC)cc1Cl. The molecule has 0 unspecified atom stereocenters. The predicted molar refractivity (Wildman–Crippen MR) is 87.5 cm³/mol. The van der Waals surface area contributed by atoms with Gasteiger partial charge in [-0.15, -0.1) is 0 Å². The van der Waals surface area contributed by atoms with Gasteiger partial charge in [0, 0.05) is 12.1 Å². The van der Waals surface area contributed by atoms with Crippen LogP contribution in [0.3, 0.4) is 0 Å². The van der Waals surface area contributed by atoms with Crippen molar-refractivity contribution in [3.63, 3.8) is 0 Å². The first-order chi connectivity index (χ1) is 11.2. The zero-order valence-corrected chi connectivity index (χ0v) is 14.5. The van der Waals surface area contributed by atoms with Crippen LogP contribution in [0.15, 0.2) is 12.1 Å². The van der Waals surface area contributed by atoms with Crippen LogP contribution in [-0.4, -0.2) is 49.0 Å². The highest BCUT2D eigenvalue weighted by Gasteiger charge is 2.44. The number of halogens is 1. The van der Waals surface area contributed by atoms with E-state index >= 15 is 0 Å². The molecule has 1 fully saturated rings. The Balaban J connectivity index is 2.16.